The summed E-state index contributed by atoms with van der Waals surface area (Å²) in [5.41, 5.74) is 3.57. The molecule has 2 amide bonds. The van der Waals surface area contributed by atoms with E-state index in [2.05, 4.69) is 47.7 Å². The van der Waals surface area contributed by atoms with Crippen molar-refractivity contribution in [3.05, 3.63) is 56.5 Å². The van der Waals surface area contributed by atoms with Crippen molar-refractivity contribution in [2.24, 2.45) is 5.10 Å². The summed E-state index contributed by atoms with van der Waals surface area (Å²) in [7, 11) is 1.56. The highest BCUT2D eigenvalue weighted by molar-refractivity contribution is 9.10. The first-order valence-corrected chi connectivity index (χ1v) is 10.3. The zero-order chi connectivity index (χ0) is 21.4. The van der Waals surface area contributed by atoms with Gasteiger partial charge in [0.1, 0.15) is 6.04 Å². The topological polar surface area (TPSA) is 89.0 Å². The second-order valence-corrected chi connectivity index (χ2v) is 7.59. The van der Waals surface area contributed by atoms with Crippen molar-refractivity contribution < 1.29 is 19.1 Å². The van der Waals surface area contributed by atoms with Crippen molar-refractivity contribution in [3.63, 3.8) is 0 Å². The molecule has 0 aliphatic carbocycles. The van der Waals surface area contributed by atoms with Crippen LogP contribution in [0.1, 0.15) is 29.8 Å². The zero-order valence-electron chi connectivity index (χ0n) is 16.2. The van der Waals surface area contributed by atoms with E-state index in [0.717, 1.165) is 0 Å². The predicted octanol–water partition coefficient (Wildman–Crippen LogP) is 3.89. The van der Waals surface area contributed by atoms with Crippen LogP contribution in [0.2, 0.25) is 0 Å². The molecule has 0 saturated heterocycles. The van der Waals surface area contributed by atoms with E-state index in [9.17, 15) is 9.59 Å². The lowest BCUT2D eigenvalue weighted by Gasteiger charge is -2.13. The summed E-state index contributed by atoms with van der Waals surface area (Å²) >= 11 is 6.74. The van der Waals surface area contributed by atoms with Gasteiger partial charge >= 0.3 is 0 Å². The highest BCUT2D eigenvalue weighted by Crippen LogP contribution is 2.36. The SMILES string of the molecule is CCOc1cc(C=NNC(=O)C(C)NC(=O)c2ccccc2Br)cc(Br)c1OC. The van der Waals surface area contributed by atoms with E-state index in [1.807, 2.05) is 6.92 Å². The maximum atomic E-state index is 12.3. The smallest absolute Gasteiger partial charge is 0.262 e. The molecule has 0 spiro atoms. The van der Waals surface area contributed by atoms with Crippen LogP contribution in [0.5, 0.6) is 11.5 Å². The molecule has 1 unspecified atom stereocenters. The highest BCUT2D eigenvalue weighted by Gasteiger charge is 2.17. The summed E-state index contributed by atoms with van der Waals surface area (Å²) in [4.78, 5) is 24.5. The lowest BCUT2D eigenvalue weighted by Crippen LogP contribution is -2.43. The number of benzene rings is 2. The van der Waals surface area contributed by atoms with Crippen molar-refractivity contribution in [2.75, 3.05) is 13.7 Å². The van der Waals surface area contributed by atoms with Gasteiger partial charge in [-0.25, -0.2) is 5.43 Å². The second kappa shape index (κ2) is 11.0. The van der Waals surface area contributed by atoms with Gasteiger partial charge in [0.2, 0.25) is 0 Å². The number of hydrazone groups is 1. The third-order valence-corrected chi connectivity index (χ3v) is 5.06. The Morgan fingerprint density at radius 2 is 1.93 bits per heavy atom. The number of carbonyl (C=O) groups is 2. The molecule has 2 N–H and O–H groups in total. The van der Waals surface area contributed by atoms with Crippen molar-refractivity contribution in [1.29, 1.82) is 0 Å². The molecule has 0 heterocycles. The largest absolute Gasteiger partial charge is 0.492 e. The van der Waals surface area contributed by atoms with Gasteiger partial charge in [0.05, 0.1) is 30.0 Å². The Hall–Kier alpha value is -2.39. The molecule has 2 aromatic carbocycles. The van der Waals surface area contributed by atoms with Gasteiger partial charge in [0, 0.05) is 4.47 Å². The first kappa shape index (κ1) is 22.9. The first-order valence-electron chi connectivity index (χ1n) is 8.76. The number of amides is 2. The maximum absolute atomic E-state index is 12.3. The summed E-state index contributed by atoms with van der Waals surface area (Å²) in [6.07, 6.45) is 1.48. The Kier molecular flexibility index (Phi) is 8.66. The fourth-order valence-corrected chi connectivity index (χ4v) is 3.46. The molecular weight excluding hydrogens is 506 g/mol. The van der Waals surface area contributed by atoms with Crippen LogP contribution in [0, 0.1) is 0 Å². The van der Waals surface area contributed by atoms with Crippen LogP contribution in [0.15, 0.2) is 50.4 Å². The normalized spacial score (nSPS) is 11.8. The molecule has 0 fully saturated rings. The van der Waals surface area contributed by atoms with Gasteiger partial charge in [-0.2, -0.15) is 5.10 Å². The first-order chi connectivity index (χ1) is 13.9. The molecule has 0 bridgehead atoms. The van der Waals surface area contributed by atoms with Crippen LogP contribution in [0.25, 0.3) is 0 Å². The van der Waals surface area contributed by atoms with Gasteiger partial charge in [-0.3, -0.25) is 9.59 Å². The molecule has 9 heteroatoms. The van der Waals surface area contributed by atoms with Gasteiger partial charge in [-0.1, -0.05) is 12.1 Å². The van der Waals surface area contributed by atoms with Crippen molar-refractivity contribution in [3.8, 4) is 11.5 Å². The van der Waals surface area contributed by atoms with Gasteiger partial charge in [-0.05, 0) is 75.5 Å². The van der Waals surface area contributed by atoms with E-state index in [0.29, 0.717) is 38.2 Å². The maximum Gasteiger partial charge on any atom is 0.262 e. The Bertz CT molecular complexity index is 919. The number of methoxy groups -OCH3 is 1. The summed E-state index contributed by atoms with van der Waals surface area (Å²) in [5, 5.41) is 6.59. The van der Waals surface area contributed by atoms with Crippen molar-refractivity contribution in [2.45, 2.75) is 19.9 Å². The Labute approximate surface area is 186 Å². The number of rotatable bonds is 8. The molecule has 2 aromatic rings. The molecular formula is C20H21Br2N3O4. The fourth-order valence-electron chi connectivity index (χ4n) is 2.38. The monoisotopic (exact) mass is 525 g/mol. The third kappa shape index (κ3) is 6.30. The Balaban J connectivity index is 2.00. The molecule has 154 valence electrons. The van der Waals surface area contributed by atoms with E-state index in [1.165, 1.54) is 6.21 Å². The number of hydrogen-bond acceptors (Lipinski definition) is 5. The van der Waals surface area contributed by atoms with E-state index in [1.54, 1.807) is 50.4 Å². The molecule has 7 nitrogen and oxygen atoms in total. The van der Waals surface area contributed by atoms with E-state index >= 15 is 0 Å². The summed E-state index contributed by atoms with van der Waals surface area (Å²) < 4.78 is 12.2. The molecule has 0 aromatic heterocycles. The molecule has 0 radical (unpaired) electrons. The highest BCUT2D eigenvalue weighted by atomic mass is 79.9. The molecule has 0 aliphatic rings. The van der Waals surface area contributed by atoms with Gasteiger partial charge in [0.15, 0.2) is 11.5 Å². The molecule has 0 saturated carbocycles. The number of carbonyl (C=O) groups excluding carboxylic acids is 2. The summed E-state index contributed by atoms with van der Waals surface area (Å²) in [5.74, 6) is 0.339. The minimum Gasteiger partial charge on any atom is -0.492 e. The number of ether oxygens (including phenoxy) is 2. The lowest BCUT2D eigenvalue weighted by molar-refractivity contribution is -0.122. The van der Waals surface area contributed by atoms with E-state index in [4.69, 9.17) is 9.47 Å². The van der Waals surface area contributed by atoms with Crippen LogP contribution in [0.3, 0.4) is 0 Å². The second-order valence-electron chi connectivity index (χ2n) is 5.88. The number of halogens is 2. The zero-order valence-corrected chi connectivity index (χ0v) is 19.3. The van der Waals surface area contributed by atoms with Crippen LogP contribution in [-0.2, 0) is 4.79 Å². The lowest BCUT2D eigenvalue weighted by atomic mass is 10.2. The molecule has 0 aliphatic heterocycles. The summed E-state index contributed by atoms with van der Waals surface area (Å²) in [6.45, 7) is 3.93. The van der Waals surface area contributed by atoms with Gasteiger partial charge in [-0.15, -0.1) is 0 Å². The minimum atomic E-state index is -0.770. The quantitative estimate of drug-likeness (QED) is 0.403. The molecule has 2 rings (SSSR count). The van der Waals surface area contributed by atoms with Gasteiger partial charge < -0.3 is 14.8 Å². The number of nitrogens with one attached hydrogen (secondary N) is 2. The van der Waals surface area contributed by atoms with Crippen LogP contribution in [-0.4, -0.2) is 37.8 Å². The predicted molar refractivity (Wildman–Crippen MR) is 119 cm³/mol. The molecule has 1 atom stereocenters. The minimum absolute atomic E-state index is 0.357. The van der Waals surface area contributed by atoms with Crippen molar-refractivity contribution >= 4 is 49.9 Å². The fraction of sp³-hybridized carbons (Fsp3) is 0.250. The van der Waals surface area contributed by atoms with E-state index < -0.39 is 11.9 Å². The third-order valence-electron chi connectivity index (χ3n) is 3.78. The van der Waals surface area contributed by atoms with E-state index in [-0.39, 0.29) is 5.91 Å². The molecule has 29 heavy (non-hydrogen) atoms. The van der Waals surface area contributed by atoms with Crippen LogP contribution in [0.4, 0.5) is 0 Å². The number of nitrogens with zero attached hydrogens (tertiary/aromatic N) is 1. The van der Waals surface area contributed by atoms with Crippen LogP contribution < -0.4 is 20.2 Å². The van der Waals surface area contributed by atoms with Crippen molar-refractivity contribution in [1.82, 2.24) is 10.7 Å². The Morgan fingerprint density at radius 3 is 2.59 bits per heavy atom. The Morgan fingerprint density at radius 1 is 1.21 bits per heavy atom. The average Bonchev–Trinajstić information content (AvgIpc) is 2.68. The number of hydrogen-bond donors (Lipinski definition) is 2. The average molecular weight is 527 g/mol. The van der Waals surface area contributed by atoms with Crippen LogP contribution >= 0.6 is 31.9 Å². The standard InChI is InChI=1S/C20H21Br2N3O4/c1-4-29-17-10-13(9-16(22)18(17)28-3)11-23-25-19(26)12(2)24-20(27)14-7-5-6-8-15(14)21/h5-12H,4H2,1-3H3,(H,24,27)(H,25,26). The van der Waals surface area contributed by atoms with Gasteiger partial charge in [0.25, 0.3) is 11.8 Å². The summed E-state index contributed by atoms with van der Waals surface area (Å²) in [6, 6.07) is 9.75.